The van der Waals surface area contributed by atoms with Gasteiger partial charge in [0.2, 0.25) is 0 Å². The van der Waals surface area contributed by atoms with Crippen LogP contribution in [0, 0.1) is 0 Å². The number of rotatable bonds is 3. The standard InChI is InChI=1S/C22H21F3N2O/c23-22(24,25)19-12-16(14-4-2-1-3-5-14)8-11-18(19)20-13-21(28-27-20)15-6-9-17(26)10-7-15/h6-14H,1-5,26H2. The van der Waals surface area contributed by atoms with Gasteiger partial charge in [-0.2, -0.15) is 13.2 Å². The summed E-state index contributed by atoms with van der Waals surface area (Å²) in [5.74, 6) is 0.603. The van der Waals surface area contributed by atoms with Crippen molar-refractivity contribution in [3.05, 3.63) is 59.7 Å². The Bertz CT molecular complexity index is 955. The lowest BCUT2D eigenvalue weighted by Gasteiger charge is -2.23. The highest BCUT2D eigenvalue weighted by molar-refractivity contribution is 5.70. The molecule has 28 heavy (non-hydrogen) atoms. The van der Waals surface area contributed by atoms with Gasteiger partial charge >= 0.3 is 6.18 Å². The van der Waals surface area contributed by atoms with Crippen LogP contribution in [0.25, 0.3) is 22.6 Å². The van der Waals surface area contributed by atoms with Crippen molar-refractivity contribution in [3.8, 4) is 22.6 Å². The summed E-state index contributed by atoms with van der Waals surface area (Å²) in [6.45, 7) is 0. The molecule has 6 heteroatoms. The van der Waals surface area contributed by atoms with E-state index in [1.807, 2.05) is 0 Å². The first kappa shape index (κ1) is 18.6. The number of hydrogen-bond acceptors (Lipinski definition) is 3. The Morgan fingerprint density at radius 1 is 0.929 bits per heavy atom. The van der Waals surface area contributed by atoms with Gasteiger partial charge in [-0.1, -0.05) is 36.6 Å². The van der Waals surface area contributed by atoms with Crippen LogP contribution in [0.5, 0.6) is 0 Å². The van der Waals surface area contributed by atoms with Crippen LogP contribution < -0.4 is 5.73 Å². The molecule has 3 aromatic rings. The molecular formula is C22H21F3N2O. The fourth-order valence-electron chi connectivity index (χ4n) is 3.90. The van der Waals surface area contributed by atoms with Crippen LogP contribution in [0.15, 0.2) is 53.1 Å². The first-order valence-electron chi connectivity index (χ1n) is 9.46. The molecule has 1 aromatic heterocycles. The fraction of sp³-hybridized carbons (Fsp3) is 0.318. The number of nitrogens with zero attached hydrogens (tertiary/aromatic N) is 1. The Kier molecular flexibility index (Phi) is 4.87. The maximum absolute atomic E-state index is 13.8. The van der Waals surface area contributed by atoms with E-state index in [9.17, 15) is 13.2 Å². The molecule has 0 saturated heterocycles. The van der Waals surface area contributed by atoms with Crippen molar-refractivity contribution in [2.45, 2.75) is 44.2 Å². The van der Waals surface area contributed by atoms with Gasteiger partial charge in [0.25, 0.3) is 0 Å². The van der Waals surface area contributed by atoms with Crippen LogP contribution in [-0.4, -0.2) is 5.16 Å². The molecule has 0 unspecified atom stereocenters. The van der Waals surface area contributed by atoms with Gasteiger partial charge in [-0.15, -0.1) is 0 Å². The van der Waals surface area contributed by atoms with E-state index in [2.05, 4.69) is 5.16 Å². The SMILES string of the molecule is Nc1ccc(-c2cc(-c3ccc(C4CCCCC4)cc3C(F)(F)F)no2)cc1. The average Bonchev–Trinajstić information content (AvgIpc) is 3.18. The zero-order valence-electron chi connectivity index (χ0n) is 15.3. The summed E-state index contributed by atoms with van der Waals surface area (Å²) in [6, 6.07) is 13.1. The van der Waals surface area contributed by atoms with Crippen LogP contribution >= 0.6 is 0 Å². The van der Waals surface area contributed by atoms with E-state index in [0.717, 1.165) is 37.7 Å². The Labute approximate surface area is 161 Å². The van der Waals surface area contributed by atoms with E-state index in [1.165, 1.54) is 18.2 Å². The summed E-state index contributed by atoms with van der Waals surface area (Å²) in [5, 5.41) is 3.90. The minimum atomic E-state index is -4.46. The minimum absolute atomic E-state index is 0.0394. The minimum Gasteiger partial charge on any atom is -0.399 e. The van der Waals surface area contributed by atoms with Crippen molar-refractivity contribution in [2.75, 3.05) is 5.73 Å². The maximum Gasteiger partial charge on any atom is 0.417 e. The molecule has 1 heterocycles. The lowest BCUT2D eigenvalue weighted by atomic mass is 9.83. The Morgan fingerprint density at radius 3 is 2.32 bits per heavy atom. The third-order valence-corrected chi connectivity index (χ3v) is 5.41. The second kappa shape index (κ2) is 7.34. The average molecular weight is 386 g/mol. The second-order valence-electron chi connectivity index (χ2n) is 7.34. The van der Waals surface area contributed by atoms with Gasteiger partial charge in [-0.25, -0.2) is 0 Å². The van der Waals surface area contributed by atoms with Crippen molar-refractivity contribution in [1.82, 2.24) is 5.16 Å². The van der Waals surface area contributed by atoms with Crippen molar-refractivity contribution in [3.63, 3.8) is 0 Å². The van der Waals surface area contributed by atoms with Gasteiger partial charge < -0.3 is 10.3 Å². The van der Waals surface area contributed by atoms with Crippen molar-refractivity contribution in [1.29, 1.82) is 0 Å². The fourth-order valence-corrected chi connectivity index (χ4v) is 3.90. The number of aromatic nitrogens is 1. The molecule has 2 aromatic carbocycles. The summed E-state index contributed by atoms with van der Waals surface area (Å²) >= 11 is 0. The number of halogens is 3. The lowest BCUT2D eigenvalue weighted by molar-refractivity contribution is -0.137. The van der Waals surface area contributed by atoms with Gasteiger partial charge in [0.05, 0.1) is 5.56 Å². The highest BCUT2D eigenvalue weighted by Gasteiger charge is 2.35. The first-order valence-corrected chi connectivity index (χ1v) is 9.46. The number of alkyl halides is 3. The van der Waals surface area contributed by atoms with Crippen LogP contribution in [0.1, 0.15) is 49.1 Å². The van der Waals surface area contributed by atoms with Gasteiger partial charge in [0.1, 0.15) is 5.69 Å². The number of benzene rings is 2. The molecule has 1 fully saturated rings. The van der Waals surface area contributed by atoms with Crippen LogP contribution in [0.4, 0.5) is 18.9 Å². The van der Waals surface area contributed by atoms with E-state index in [-0.39, 0.29) is 17.2 Å². The third-order valence-electron chi connectivity index (χ3n) is 5.41. The zero-order chi connectivity index (χ0) is 19.7. The second-order valence-corrected chi connectivity index (χ2v) is 7.34. The topological polar surface area (TPSA) is 52.0 Å². The summed E-state index contributed by atoms with van der Waals surface area (Å²) in [4.78, 5) is 0. The molecule has 0 atom stereocenters. The normalized spacial score (nSPS) is 15.7. The predicted molar refractivity (Wildman–Crippen MR) is 103 cm³/mol. The Morgan fingerprint density at radius 2 is 1.64 bits per heavy atom. The first-order chi connectivity index (χ1) is 13.4. The highest BCUT2D eigenvalue weighted by atomic mass is 19.4. The Balaban J connectivity index is 1.71. The quantitative estimate of drug-likeness (QED) is 0.512. The van der Waals surface area contributed by atoms with Crippen LogP contribution in [0.2, 0.25) is 0 Å². The molecule has 0 bridgehead atoms. The predicted octanol–water partition coefficient (Wildman–Crippen LogP) is 6.66. The van der Waals surface area contributed by atoms with E-state index in [0.29, 0.717) is 17.0 Å². The molecular weight excluding hydrogens is 365 g/mol. The monoisotopic (exact) mass is 386 g/mol. The van der Waals surface area contributed by atoms with Crippen molar-refractivity contribution in [2.24, 2.45) is 0 Å². The number of nitrogens with two attached hydrogens (primary N) is 1. The molecule has 1 aliphatic carbocycles. The zero-order valence-corrected chi connectivity index (χ0v) is 15.3. The molecule has 0 radical (unpaired) electrons. The number of nitrogen functional groups attached to an aromatic ring is 1. The van der Waals surface area contributed by atoms with Gasteiger partial charge in [0.15, 0.2) is 5.76 Å². The lowest BCUT2D eigenvalue weighted by Crippen LogP contribution is -2.11. The van der Waals surface area contributed by atoms with Gasteiger partial charge in [-0.3, -0.25) is 0 Å². The summed E-state index contributed by atoms with van der Waals surface area (Å²) in [5.41, 5.74) is 7.30. The summed E-state index contributed by atoms with van der Waals surface area (Å²) in [6.07, 6.45) is 0.738. The number of anilines is 1. The highest BCUT2D eigenvalue weighted by Crippen LogP contribution is 2.41. The summed E-state index contributed by atoms with van der Waals surface area (Å²) < 4.78 is 46.7. The largest absolute Gasteiger partial charge is 0.417 e. The third kappa shape index (κ3) is 3.77. The van der Waals surface area contributed by atoms with Gasteiger partial charge in [0, 0.05) is 22.9 Å². The van der Waals surface area contributed by atoms with E-state index in [4.69, 9.17) is 10.3 Å². The molecule has 1 aliphatic rings. The van der Waals surface area contributed by atoms with Crippen molar-refractivity contribution >= 4 is 5.69 Å². The van der Waals surface area contributed by atoms with Gasteiger partial charge in [-0.05, 0) is 54.7 Å². The van der Waals surface area contributed by atoms with E-state index in [1.54, 1.807) is 30.3 Å². The Hall–Kier alpha value is -2.76. The van der Waals surface area contributed by atoms with Crippen LogP contribution in [-0.2, 0) is 6.18 Å². The molecule has 146 valence electrons. The number of hydrogen-bond donors (Lipinski definition) is 1. The maximum atomic E-state index is 13.8. The molecule has 4 rings (SSSR count). The van der Waals surface area contributed by atoms with Crippen LogP contribution in [0.3, 0.4) is 0 Å². The molecule has 1 saturated carbocycles. The molecule has 3 nitrogen and oxygen atoms in total. The molecule has 0 amide bonds. The molecule has 2 N–H and O–H groups in total. The van der Waals surface area contributed by atoms with Crippen molar-refractivity contribution < 1.29 is 17.7 Å². The summed E-state index contributed by atoms with van der Waals surface area (Å²) in [7, 11) is 0. The smallest absolute Gasteiger partial charge is 0.399 e. The molecule has 0 spiro atoms. The molecule has 0 aliphatic heterocycles. The van der Waals surface area contributed by atoms with E-state index < -0.39 is 11.7 Å². The van der Waals surface area contributed by atoms with E-state index >= 15 is 0 Å².